The number of anilines is 1. The van der Waals surface area contributed by atoms with Gasteiger partial charge in [-0.1, -0.05) is 17.4 Å². The smallest absolute Gasteiger partial charge is 0.321 e. The quantitative estimate of drug-likeness (QED) is 0.807. The third-order valence-corrected chi connectivity index (χ3v) is 7.97. The molecular formula is C15H20N4O3S3. The van der Waals surface area contributed by atoms with Gasteiger partial charge >= 0.3 is 6.03 Å². The number of aromatic nitrogens is 1. The zero-order valence-electron chi connectivity index (χ0n) is 14.0. The summed E-state index contributed by atoms with van der Waals surface area (Å²) in [5.74, 6) is 0. The predicted octanol–water partition coefficient (Wildman–Crippen LogP) is 2.62. The summed E-state index contributed by atoms with van der Waals surface area (Å²) in [4.78, 5) is 18.4. The Morgan fingerprint density at radius 2 is 2.24 bits per heavy atom. The van der Waals surface area contributed by atoms with E-state index >= 15 is 0 Å². The van der Waals surface area contributed by atoms with Gasteiger partial charge in [0.15, 0.2) is 5.13 Å². The standard InChI is InChI=1S/C15H20N4O3S3/c1-10(2)25(21,22)19-6-5-12-13(9-19)24-15(17-12)18-14(20)16-8-11-4-3-7-23-11/h3-4,7,10H,5-6,8-9H2,1-2H3,(H2,16,17,18,20). The minimum absolute atomic E-state index is 0.314. The van der Waals surface area contributed by atoms with Crippen molar-refractivity contribution in [3.05, 3.63) is 33.0 Å². The summed E-state index contributed by atoms with van der Waals surface area (Å²) < 4.78 is 26.1. The molecule has 0 saturated carbocycles. The van der Waals surface area contributed by atoms with E-state index in [0.29, 0.717) is 31.2 Å². The Hall–Kier alpha value is -1.49. The lowest BCUT2D eigenvalue weighted by Gasteiger charge is -2.26. The van der Waals surface area contributed by atoms with Crippen LogP contribution in [0.3, 0.4) is 0 Å². The second kappa shape index (κ2) is 7.40. The molecule has 2 aromatic heterocycles. The number of fused-ring (bicyclic) bond motifs is 1. The third-order valence-electron chi connectivity index (χ3n) is 3.88. The van der Waals surface area contributed by atoms with E-state index in [1.807, 2.05) is 17.5 Å². The van der Waals surface area contributed by atoms with Gasteiger partial charge in [-0.2, -0.15) is 4.31 Å². The lowest BCUT2D eigenvalue weighted by atomic mass is 10.2. The normalized spacial score (nSPS) is 15.2. The number of carbonyl (C=O) groups is 1. The fraction of sp³-hybridized carbons (Fsp3) is 0.467. The van der Waals surface area contributed by atoms with Gasteiger partial charge in [0.1, 0.15) is 0 Å². The van der Waals surface area contributed by atoms with Gasteiger partial charge < -0.3 is 5.32 Å². The number of thiazole rings is 1. The predicted molar refractivity (Wildman–Crippen MR) is 100 cm³/mol. The van der Waals surface area contributed by atoms with Crippen molar-refractivity contribution in [2.24, 2.45) is 0 Å². The third kappa shape index (κ3) is 4.20. The molecule has 0 aliphatic carbocycles. The topological polar surface area (TPSA) is 91.4 Å². The van der Waals surface area contributed by atoms with Crippen LogP contribution in [0.15, 0.2) is 17.5 Å². The fourth-order valence-electron chi connectivity index (χ4n) is 2.46. The van der Waals surface area contributed by atoms with Crippen molar-refractivity contribution in [1.29, 1.82) is 0 Å². The number of nitrogens with zero attached hydrogens (tertiary/aromatic N) is 2. The van der Waals surface area contributed by atoms with Gasteiger partial charge in [-0.25, -0.2) is 18.2 Å². The second-order valence-corrected chi connectivity index (χ2v) is 10.6. The number of hydrogen-bond donors (Lipinski definition) is 2. The first-order chi connectivity index (χ1) is 11.9. The highest BCUT2D eigenvalue weighted by Gasteiger charge is 2.31. The summed E-state index contributed by atoms with van der Waals surface area (Å²) in [5, 5.41) is 7.53. The van der Waals surface area contributed by atoms with Crippen LogP contribution in [0.4, 0.5) is 9.93 Å². The van der Waals surface area contributed by atoms with Crippen molar-refractivity contribution in [3.8, 4) is 0 Å². The SMILES string of the molecule is CC(C)S(=O)(=O)N1CCc2nc(NC(=O)NCc3cccs3)sc2C1. The molecule has 2 N–H and O–H groups in total. The largest absolute Gasteiger partial charge is 0.333 e. The number of thiophene rings is 1. The van der Waals surface area contributed by atoms with Crippen molar-refractivity contribution in [2.75, 3.05) is 11.9 Å². The first-order valence-corrected chi connectivity index (χ1v) is 11.1. The van der Waals surface area contributed by atoms with Crippen LogP contribution in [0.1, 0.15) is 29.3 Å². The number of urea groups is 1. The molecule has 0 atom stereocenters. The van der Waals surface area contributed by atoms with E-state index in [0.717, 1.165) is 15.4 Å². The Labute approximate surface area is 155 Å². The van der Waals surface area contributed by atoms with E-state index < -0.39 is 15.3 Å². The molecule has 2 amide bonds. The van der Waals surface area contributed by atoms with Crippen LogP contribution in [0.2, 0.25) is 0 Å². The molecule has 0 fully saturated rings. The molecule has 0 spiro atoms. The van der Waals surface area contributed by atoms with Crippen LogP contribution < -0.4 is 10.6 Å². The number of hydrogen-bond acceptors (Lipinski definition) is 6. The monoisotopic (exact) mass is 400 g/mol. The molecule has 0 bridgehead atoms. The molecule has 0 unspecified atom stereocenters. The molecule has 7 nitrogen and oxygen atoms in total. The molecule has 1 aliphatic heterocycles. The minimum Gasteiger partial charge on any atom is -0.333 e. The highest BCUT2D eigenvalue weighted by atomic mass is 32.2. The van der Waals surface area contributed by atoms with Gasteiger partial charge in [0.25, 0.3) is 0 Å². The van der Waals surface area contributed by atoms with E-state index in [9.17, 15) is 13.2 Å². The van der Waals surface area contributed by atoms with Gasteiger partial charge in [-0.05, 0) is 25.3 Å². The maximum atomic E-state index is 12.3. The highest BCUT2D eigenvalue weighted by Crippen LogP contribution is 2.30. The molecule has 25 heavy (non-hydrogen) atoms. The van der Waals surface area contributed by atoms with E-state index in [2.05, 4.69) is 15.6 Å². The average Bonchev–Trinajstić information content (AvgIpc) is 3.20. The van der Waals surface area contributed by atoms with Crippen molar-refractivity contribution < 1.29 is 13.2 Å². The number of amides is 2. The van der Waals surface area contributed by atoms with Gasteiger partial charge in [0.05, 0.1) is 17.5 Å². The van der Waals surface area contributed by atoms with Crippen molar-refractivity contribution in [2.45, 2.75) is 38.6 Å². The summed E-state index contributed by atoms with van der Waals surface area (Å²) in [7, 11) is -3.28. The average molecular weight is 401 g/mol. The van der Waals surface area contributed by atoms with Gasteiger partial charge in [-0.15, -0.1) is 11.3 Å². The lowest BCUT2D eigenvalue weighted by molar-refractivity contribution is 0.252. The first kappa shape index (κ1) is 18.3. The first-order valence-electron chi connectivity index (χ1n) is 7.91. The van der Waals surface area contributed by atoms with E-state index in [-0.39, 0.29) is 6.03 Å². The van der Waals surface area contributed by atoms with E-state index in [4.69, 9.17) is 0 Å². The fourth-order valence-corrected chi connectivity index (χ4v) is 5.46. The Morgan fingerprint density at radius 3 is 2.92 bits per heavy atom. The molecule has 0 radical (unpaired) electrons. The van der Waals surface area contributed by atoms with Crippen LogP contribution in [0.5, 0.6) is 0 Å². The van der Waals surface area contributed by atoms with Gasteiger partial charge in [0.2, 0.25) is 10.0 Å². The number of nitrogens with one attached hydrogen (secondary N) is 2. The second-order valence-electron chi connectivity index (χ2n) is 5.95. The summed E-state index contributed by atoms with van der Waals surface area (Å²) >= 11 is 2.91. The van der Waals surface area contributed by atoms with Crippen molar-refractivity contribution in [3.63, 3.8) is 0 Å². The van der Waals surface area contributed by atoms with Gasteiger partial charge in [-0.3, -0.25) is 5.32 Å². The van der Waals surface area contributed by atoms with Crippen molar-refractivity contribution in [1.82, 2.24) is 14.6 Å². The van der Waals surface area contributed by atoms with Gasteiger partial charge in [0, 0.05) is 29.3 Å². The summed E-state index contributed by atoms with van der Waals surface area (Å²) in [6.07, 6.45) is 0.566. The minimum atomic E-state index is -3.28. The maximum absolute atomic E-state index is 12.3. The lowest BCUT2D eigenvalue weighted by Crippen LogP contribution is -2.39. The summed E-state index contributed by atoms with van der Waals surface area (Å²) in [6.45, 7) is 4.59. The van der Waals surface area contributed by atoms with E-state index in [1.165, 1.54) is 15.6 Å². The van der Waals surface area contributed by atoms with E-state index in [1.54, 1.807) is 25.2 Å². The Morgan fingerprint density at radius 1 is 1.44 bits per heavy atom. The molecule has 1 aliphatic rings. The maximum Gasteiger partial charge on any atom is 0.321 e. The zero-order valence-corrected chi connectivity index (χ0v) is 16.4. The highest BCUT2D eigenvalue weighted by molar-refractivity contribution is 7.89. The number of sulfonamides is 1. The summed E-state index contributed by atoms with van der Waals surface area (Å²) in [6, 6.07) is 3.58. The molecule has 136 valence electrons. The Kier molecular flexibility index (Phi) is 5.42. The molecule has 2 aromatic rings. The molecule has 10 heteroatoms. The Balaban J connectivity index is 1.61. The van der Waals surface area contributed by atoms with Crippen LogP contribution in [-0.2, 0) is 29.5 Å². The molecular weight excluding hydrogens is 380 g/mol. The summed E-state index contributed by atoms with van der Waals surface area (Å²) in [5.41, 5.74) is 0.869. The Bertz CT molecular complexity index is 844. The zero-order chi connectivity index (χ0) is 18.0. The van der Waals surface area contributed by atoms with Crippen LogP contribution in [0.25, 0.3) is 0 Å². The van der Waals surface area contributed by atoms with Crippen LogP contribution in [-0.4, -0.2) is 35.5 Å². The molecule has 0 saturated heterocycles. The molecule has 3 rings (SSSR count). The number of carbonyl (C=O) groups excluding carboxylic acids is 1. The van der Waals surface area contributed by atoms with Crippen LogP contribution in [0, 0.1) is 0 Å². The molecule has 3 heterocycles. The number of rotatable bonds is 5. The van der Waals surface area contributed by atoms with Crippen molar-refractivity contribution >= 4 is 43.9 Å². The van der Waals surface area contributed by atoms with Crippen LogP contribution >= 0.6 is 22.7 Å². The molecule has 0 aromatic carbocycles.